The predicted molar refractivity (Wildman–Crippen MR) is 51.7 cm³/mol. The first-order valence-corrected chi connectivity index (χ1v) is 5.72. The van der Waals surface area contributed by atoms with Crippen LogP contribution in [0.15, 0.2) is 23.1 Å². The Kier molecular flexibility index (Phi) is 2.36. The Morgan fingerprint density at radius 2 is 1.85 bits per heavy atom. The molecule has 0 spiro atoms. The van der Waals surface area contributed by atoms with Gasteiger partial charge in [0, 0.05) is 0 Å². The Bertz CT molecular complexity index is 386. The van der Waals surface area contributed by atoms with E-state index < -0.39 is 10.7 Å². The summed E-state index contributed by atoms with van der Waals surface area (Å²) in [5.74, 6) is 0. The third kappa shape index (κ3) is 1.61. The van der Waals surface area contributed by atoms with E-state index in [-0.39, 0.29) is 0 Å². The van der Waals surface area contributed by atoms with Gasteiger partial charge in [-0.1, -0.05) is 12.1 Å². The molecule has 0 amide bonds. The van der Waals surface area contributed by atoms with Crippen molar-refractivity contribution in [3.8, 4) is 0 Å². The zero-order valence-corrected chi connectivity index (χ0v) is 8.22. The van der Waals surface area contributed by atoms with Gasteiger partial charge in [0.25, 0.3) is 0 Å². The van der Waals surface area contributed by atoms with E-state index in [9.17, 15) is 8.42 Å². The van der Waals surface area contributed by atoms with Crippen LogP contribution in [0, 0.1) is 0 Å². The van der Waals surface area contributed by atoms with Crippen LogP contribution in [0.1, 0.15) is 24.0 Å². The minimum atomic E-state index is -2.41. The minimum Gasteiger partial charge on any atom is -0.227 e. The largest absolute Gasteiger partial charge is 0.227 e. The Morgan fingerprint density at radius 3 is 2.62 bits per heavy atom. The van der Waals surface area contributed by atoms with Gasteiger partial charge in [0.15, 0.2) is 10.7 Å². The smallest absolute Gasteiger partial charge is 0.168 e. The van der Waals surface area contributed by atoms with Crippen LogP contribution in [-0.2, 0) is 23.5 Å². The third-order valence-electron chi connectivity index (χ3n) is 2.57. The molecule has 0 fully saturated rings. The second kappa shape index (κ2) is 3.50. The van der Waals surface area contributed by atoms with Crippen molar-refractivity contribution in [2.75, 3.05) is 0 Å². The van der Waals surface area contributed by atoms with Gasteiger partial charge >= 0.3 is 0 Å². The number of thiol groups is 1. The summed E-state index contributed by atoms with van der Waals surface area (Å²) >= 11 is 0. The summed E-state index contributed by atoms with van der Waals surface area (Å²) in [7, 11) is -2.41. The number of fused-ring (bicyclic) bond motifs is 1. The number of benzene rings is 1. The van der Waals surface area contributed by atoms with E-state index in [1.165, 1.54) is 12.0 Å². The Hall–Kier alpha value is -0.830. The van der Waals surface area contributed by atoms with Crippen LogP contribution in [0.2, 0.25) is 0 Å². The van der Waals surface area contributed by atoms with Gasteiger partial charge in [-0.15, -0.1) is 0 Å². The molecule has 1 aromatic rings. The van der Waals surface area contributed by atoms with Crippen LogP contribution in [0.3, 0.4) is 0 Å². The van der Waals surface area contributed by atoms with Crippen LogP contribution in [0.4, 0.5) is 0 Å². The summed E-state index contributed by atoms with van der Waals surface area (Å²) in [5.41, 5.74) is 2.29. The quantitative estimate of drug-likeness (QED) is 0.691. The normalized spacial score (nSPS) is 15.8. The molecule has 1 aliphatic rings. The highest BCUT2D eigenvalue weighted by atomic mass is 32.2. The summed E-state index contributed by atoms with van der Waals surface area (Å²) in [6.45, 7) is 0. The third-order valence-corrected chi connectivity index (χ3v) is 3.38. The van der Waals surface area contributed by atoms with Crippen LogP contribution >= 0.6 is 0 Å². The molecule has 1 aromatic carbocycles. The first kappa shape index (κ1) is 8.75. The van der Waals surface area contributed by atoms with Gasteiger partial charge < -0.3 is 0 Å². The van der Waals surface area contributed by atoms with Crippen LogP contribution in [0.25, 0.3) is 0 Å². The lowest BCUT2D eigenvalue weighted by Gasteiger charge is -2.16. The predicted octanol–water partition coefficient (Wildman–Crippen LogP) is 1.54. The van der Waals surface area contributed by atoms with E-state index in [0.717, 1.165) is 24.8 Å². The zero-order valence-electron chi connectivity index (χ0n) is 7.32. The van der Waals surface area contributed by atoms with Crippen LogP contribution < -0.4 is 0 Å². The van der Waals surface area contributed by atoms with Crippen molar-refractivity contribution in [2.24, 2.45) is 0 Å². The molecule has 0 radical (unpaired) electrons. The van der Waals surface area contributed by atoms with Crippen molar-refractivity contribution < 1.29 is 8.42 Å². The molecule has 0 heterocycles. The number of hydrogen-bond acceptors (Lipinski definition) is 2. The summed E-state index contributed by atoms with van der Waals surface area (Å²) in [6, 6.07) is 5.58. The molecule has 1 aliphatic carbocycles. The number of hydrogen-bond donors (Lipinski definition) is 1. The average Bonchev–Trinajstić information content (AvgIpc) is 2.17. The van der Waals surface area contributed by atoms with E-state index in [2.05, 4.69) is 0 Å². The molecule has 0 N–H and O–H groups in total. The maximum absolute atomic E-state index is 10.9. The van der Waals surface area contributed by atoms with Crippen molar-refractivity contribution in [1.29, 1.82) is 0 Å². The summed E-state index contributed by atoms with van der Waals surface area (Å²) in [6.07, 6.45) is 4.26. The van der Waals surface area contributed by atoms with E-state index in [0.29, 0.717) is 4.90 Å². The maximum Gasteiger partial charge on any atom is 0.168 e. The van der Waals surface area contributed by atoms with Crippen LogP contribution in [-0.4, -0.2) is 8.42 Å². The summed E-state index contributed by atoms with van der Waals surface area (Å²) in [4.78, 5) is 0.534. The highest BCUT2D eigenvalue weighted by Crippen LogP contribution is 2.24. The molecule has 2 rings (SSSR count). The standard InChI is InChI=1S/C10H12O2S/c11-13(12)10-7-3-5-8-4-1-2-6-9(8)10/h3,5,7,13H,1-2,4,6H2. The molecular weight excluding hydrogens is 184 g/mol. The fraction of sp³-hybridized carbons (Fsp3) is 0.400. The SMILES string of the molecule is O=[SH](=O)c1cccc2c1CCCC2. The lowest BCUT2D eigenvalue weighted by Crippen LogP contribution is -2.05. The van der Waals surface area contributed by atoms with Gasteiger partial charge in [0.1, 0.15) is 0 Å². The lowest BCUT2D eigenvalue weighted by atomic mass is 9.92. The molecule has 70 valence electrons. The van der Waals surface area contributed by atoms with Gasteiger partial charge in [0.2, 0.25) is 0 Å². The monoisotopic (exact) mass is 196 g/mol. The van der Waals surface area contributed by atoms with Crippen molar-refractivity contribution in [3.63, 3.8) is 0 Å². The highest BCUT2D eigenvalue weighted by Gasteiger charge is 2.13. The fourth-order valence-corrected chi connectivity index (χ4v) is 2.62. The first-order chi connectivity index (χ1) is 6.29. The van der Waals surface area contributed by atoms with Gasteiger partial charge in [-0.2, -0.15) is 0 Å². The van der Waals surface area contributed by atoms with Crippen molar-refractivity contribution in [3.05, 3.63) is 29.3 Å². The maximum atomic E-state index is 10.9. The molecule has 0 bridgehead atoms. The molecule has 0 saturated carbocycles. The van der Waals surface area contributed by atoms with Crippen molar-refractivity contribution in [1.82, 2.24) is 0 Å². The molecule has 3 heteroatoms. The van der Waals surface area contributed by atoms with Gasteiger partial charge in [-0.05, 0) is 42.9 Å². The molecule has 0 unspecified atom stereocenters. The van der Waals surface area contributed by atoms with E-state index in [1.54, 1.807) is 6.07 Å². The Labute approximate surface area is 79.5 Å². The first-order valence-electron chi connectivity index (χ1n) is 4.54. The summed E-state index contributed by atoms with van der Waals surface area (Å²) < 4.78 is 21.8. The Balaban J connectivity index is 2.58. The number of aryl methyl sites for hydroxylation is 1. The molecule has 0 atom stereocenters. The molecule has 0 aromatic heterocycles. The van der Waals surface area contributed by atoms with E-state index >= 15 is 0 Å². The highest BCUT2D eigenvalue weighted by molar-refractivity contribution is 7.72. The number of rotatable bonds is 1. The van der Waals surface area contributed by atoms with Crippen molar-refractivity contribution >= 4 is 10.7 Å². The molecule has 0 saturated heterocycles. The summed E-state index contributed by atoms with van der Waals surface area (Å²) in [5, 5.41) is 0. The second-order valence-electron chi connectivity index (χ2n) is 3.38. The van der Waals surface area contributed by atoms with Crippen LogP contribution in [0.5, 0.6) is 0 Å². The van der Waals surface area contributed by atoms with Gasteiger partial charge in [-0.25, -0.2) is 8.42 Å². The molecule has 2 nitrogen and oxygen atoms in total. The molecular formula is C10H12O2S. The Morgan fingerprint density at radius 1 is 1.08 bits per heavy atom. The van der Waals surface area contributed by atoms with E-state index in [1.807, 2.05) is 12.1 Å². The topological polar surface area (TPSA) is 34.1 Å². The van der Waals surface area contributed by atoms with Gasteiger partial charge in [-0.3, -0.25) is 0 Å². The minimum absolute atomic E-state index is 0.534. The van der Waals surface area contributed by atoms with Crippen molar-refractivity contribution in [2.45, 2.75) is 30.6 Å². The lowest BCUT2D eigenvalue weighted by molar-refractivity contribution is 0.609. The second-order valence-corrected chi connectivity index (χ2v) is 4.38. The van der Waals surface area contributed by atoms with Gasteiger partial charge in [0.05, 0.1) is 4.90 Å². The average molecular weight is 196 g/mol. The molecule has 13 heavy (non-hydrogen) atoms. The zero-order chi connectivity index (χ0) is 9.26. The van der Waals surface area contributed by atoms with E-state index in [4.69, 9.17) is 0 Å². The molecule has 0 aliphatic heterocycles. The fourth-order valence-electron chi connectivity index (χ4n) is 1.93.